The molecule has 1 fully saturated rings. The van der Waals surface area contributed by atoms with E-state index in [0.717, 1.165) is 18.4 Å². The number of amides is 1. The predicted octanol–water partition coefficient (Wildman–Crippen LogP) is 4.05. The number of halogens is 4. The quantitative estimate of drug-likeness (QED) is 0.289. The van der Waals surface area contributed by atoms with Gasteiger partial charge in [0.15, 0.2) is 16.5 Å². The number of nitrogens with zero attached hydrogens (tertiary/aromatic N) is 4. The molecule has 0 spiro atoms. The van der Waals surface area contributed by atoms with Crippen LogP contribution in [0.2, 0.25) is 5.15 Å². The predicted molar refractivity (Wildman–Crippen MR) is 112 cm³/mol. The lowest BCUT2D eigenvalue weighted by Gasteiger charge is -2.12. The highest BCUT2D eigenvalue weighted by Crippen LogP contribution is 2.28. The lowest BCUT2D eigenvalue weighted by Crippen LogP contribution is -2.30. The summed E-state index contributed by atoms with van der Waals surface area (Å²) in [6.07, 6.45) is -1.31. The van der Waals surface area contributed by atoms with Crippen molar-refractivity contribution in [2.45, 2.75) is 32.0 Å². The minimum atomic E-state index is -4.79. The Morgan fingerprint density at radius 1 is 1.34 bits per heavy atom. The maximum atomic E-state index is 12.8. The van der Waals surface area contributed by atoms with Crippen molar-refractivity contribution in [3.05, 3.63) is 46.7 Å². The van der Waals surface area contributed by atoms with Crippen molar-refractivity contribution in [3.63, 3.8) is 0 Å². The van der Waals surface area contributed by atoms with Gasteiger partial charge in [-0.3, -0.25) is 4.79 Å². The Labute approximate surface area is 185 Å². The Hall–Kier alpha value is -3.34. The molecule has 3 N–H and O–H groups in total. The second kappa shape index (κ2) is 8.30. The van der Waals surface area contributed by atoms with Gasteiger partial charge in [0.2, 0.25) is 0 Å². The Bertz CT molecular complexity index is 1220. The van der Waals surface area contributed by atoms with E-state index < -0.39 is 18.4 Å². The standard InChI is InChI=1S/C20H18ClF3N6O2/c1-10-6-11(2-5-13(10)19(31)27-12-3-4-12)15-8-26-18-14(7-17(21)28-30(15)18)25-9-16(29-32)20(22,23)24/h2,5-8,12,25,32H,3-4,9H2,1H3,(H,27,31)/b29-16-. The molecular weight excluding hydrogens is 449 g/mol. The number of hydrogen-bond donors (Lipinski definition) is 3. The van der Waals surface area contributed by atoms with Crippen LogP contribution in [0, 0.1) is 6.92 Å². The minimum absolute atomic E-state index is 0.0194. The van der Waals surface area contributed by atoms with Gasteiger partial charge >= 0.3 is 6.18 Å². The number of benzene rings is 1. The number of carbonyl (C=O) groups excluding carboxylic acids is 1. The normalized spacial score (nSPS) is 14.6. The first-order chi connectivity index (χ1) is 15.2. The second-order valence-electron chi connectivity index (χ2n) is 7.44. The molecule has 32 heavy (non-hydrogen) atoms. The second-order valence-corrected chi connectivity index (χ2v) is 7.82. The maximum Gasteiger partial charge on any atom is 0.434 e. The van der Waals surface area contributed by atoms with E-state index in [1.54, 1.807) is 18.2 Å². The lowest BCUT2D eigenvalue weighted by atomic mass is 10.0. The maximum absolute atomic E-state index is 12.8. The zero-order valence-corrected chi connectivity index (χ0v) is 17.5. The van der Waals surface area contributed by atoms with E-state index in [2.05, 4.69) is 25.9 Å². The number of aromatic nitrogens is 3. The van der Waals surface area contributed by atoms with E-state index >= 15 is 0 Å². The number of carbonyl (C=O) groups is 1. The van der Waals surface area contributed by atoms with Crippen LogP contribution in [0.15, 0.2) is 35.6 Å². The van der Waals surface area contributed by atoms with Gasteiger partial charge in [0.1, 0.15) is 0 Å². The Balaban J connectivity index is 1.65. The van der Waals surface area contributed by atoms with Gasteiger partial charge in [-0.1, -0.05) is 22.8 Å². The van der Waals surface area contributed by atoms with E-state index in [4.69, 9.17) is 16.8 Å². The summed E-state index contributed by atoms with van der Waals surface area (Å²) >= 11 is 6.08. The van der Waals surface area contributed by atoms with E-state index in [-0.39, 0.29) is 28.4 Å². The van der Waals surface area contributed by atoms with Crippen LogP contribution in [-0.4, -0.2) is 50.2 Å². The third-order valence-electron chi connectivity index (χ3n) is 5.01. The van der Waals surface area contributed by atoms with E-state index in [9.17, 15) is 18.0 Å². The Morgan fingerprint density at radius 3 is 2.72 bits per heavy atom. The third kappa shape index (κ3) is 4.47. The monoisotopic (exact) mass is 466 g/mol. The van der Waals surface area contributed by atoms with Crippen molar-refractivity contribution in [1.82, 2.24) is 19.9 Å². The molecule has 0 radical (unpaired) electrons. The van der Waals surface area contributed by atoms with Crippen LogP contribution < -0.4 is 10.6 Å². The zero-order chi connectivity index (χ0) is 23.0. The first-order valence-corrected chi connectivity index (χ1v) is 10.0. The summed E-state index contributed by atoms with van der Waals surface area (Å²) in [5.41, 5.74) is 1.57. The minimum Gasteiger partial charge on any atom is -0.411 e. The van der Waals surface area contributed by atoms with Gasteiger partial charge in [-0.25, -0.2) is 9.50 Å². The van der Waals surface area contributed by atoms with Gasteiger partial charge in [-0.05, 0) is 37.5 Å². The van der Waals surface area contributed by atoms with Gasteiger partial charge in [0.25, 0.3) is 5.91 Å². The molecule has 1 saturated carbocycles. The molecule has 1 aliphatic rings. The summed E-state index contributed by atoms with van der Waals surface area (Å²) in [4.78, 5) is 16.6. The van der Waals surface area contributed by atoms with Gasteiger partial charge < -0.3 is 15.8 Å². The molecule has 2 aromatic heterocycles. The molecule has 8 nitrogen and oxygen atoms in total. The lowest BCUT2D eigenvalue weighted by molar-refractivity contribution is -0.0615. The summed E-state index contributed by atoms with van der Waals surface area (Å²) < 4.78 is 39.9. The molecular formula is C20H18ClF3N6O2. The first-order valence-electron chi connectivity index (χ1n) is 9.65. The molecule has 4 rings (SSSR count). The highest BCUT2D eigenvalue weighted by atomic mass is 35.5. The molecule has 0 saturated heterocycles. The number of aryl methyl sites for hydroxylation is 1. The number of nitrogens with one attached hydrogen (secondary N) is 2. The van der Waals surface area contributed by atoms with Crippen molar-refractivity contribution in [2.75, 3.05) is 11.9 Å². The SMILES string of the molecule is Cc1cc(-c2cnc3c(NC/C(=N/O)C(F)(F)F)cc(Cl)nn23)ccc1C(=O)NC1CC1. The summed E-state index contributed by atoms with van der Waals surface area (Å²) in [5, 5.41) is 20.7. The molecule has 0 unspecified atom stereocenters. The number of oxime groups is 1. The Kier molecular flexibility index (Phi) is 5.68. The molecule has 0 aliphatic heterocycles. The number of imidazole rings is 1. The molecule has 2 heterocycles. The van der Waals surface area contributed by atoms with Gasteiger partial charge in [-0.2, -0.15) is 18.3 Å². The fourth-order valence-corrected chi connectivity index (χ4v) is 3.39. The number of rotatable bonds is 6. The van der Waals surface area contributed by atoms with Crippen LogP contribution in [0.1, 0.15) is 28.8 Å². The third-order valence-corrected chi connectivity index (χ3v) is 5.20. The largest absolute Gasteiger partial charge is 0.434 e. The number of alkyl halides is 3. The van der Waals surface area contributed by atoms with Gasteiger partial charge in [-0.15, -0.1) is 0 Å². The highest BCUT2D eigenvalue weighted by Gasteiger charge is 2.36. The molecule has 0 bridgehead atoms. The smallest absolute Gasteiger partial charge is 0.411 e. The van der Waals surface area contributed by atoms with Gasteiger partial charge in [0, 0.05) is 23.2 Å². The average Bonchev–Trinajstić information content (AvgIpc) is 3.42. The first kappa shape index (κ1) is 21.9. The average molecular weight is 467 g/mol. The molecule has 3 aromatic rings. The summed E-state index contributed by atoms with van der Waals surface area (Å²) in [5.74, 6) is -0.131. The fraction of sp³-hybridized carbons (Fsp3) is 0.300. The van der Waals surface area contributed by atoms with E-state index in [1.807, 2.05) is 6.92 Å². The highest BCUT2D eigenvalue weighted by molar-refractivity contribution is 6.29. The molecule has 1 aliphatic carbocycles. The van der Waals surface area contributed by atoms with Crippen LogP contribution in [0.3, 0.4) is 0 Å². The Morgan fingerprint density at radius 2 is 2.09 bits per heavy atom. The van der Waals surface area contributed by atoms with Crippen molar-refractivity contribution < 1.29 is 23.2 Å². The zero-order valence-electron chi connectivity index (χ0n) is 16.7. The topological polar surface area (TPSA) is 104 Å². The molecule has 12 heteroatoms. The van der Waals surface area contributed by atoms with E-state index in [0.29, 0.717) is 16.8 Å². The van der Waals surface area contributed by atoms with Crippen LogP contribution in [0.4, 0.5) is 18.9 Å². The summed E-state index contributed by atoms with van der Waals surface area (Å²) in [6, 6.07) is 6.83. The van der Waals surface area contributed by atoms with Crippen molar-refractivity contribution in [3.8, 4) is 11.3 Å². The van der Waals surface area contributed by atoms with Crippen molar-refractivity contribution >= 4 is 34.6 Å². The van der Waals surface area contributed by atoms with Crippen molar-refractivity contribution in [1.29, 1.82) is 0 Å². The van der Waals surface area contributed by atoms with Gasteiger partial charge in [0.05, 0.1) is 24.1 Å². The van der Waals surface area contributed by atoms with Crippen LogP contribution in [0.5, 0.6) is 0 Å². The summed E-state index contributed by atoms with van der Waals surface area (Å²) in [7, 11) is 0. The molecule has 0 atom stereocenters. The molecule has 1 aromatic carbocycles. The molecule has 1 amide bonds. The fourth-order valence-electron chi connectivity index (χ4n) is 3.21. The van der Waals surface area contributed by atoms with E-state index in [1.165, 1.54) is 16.8 Å². The van der Waals surface area contributed by atoms with Crippen LogP contribution in [-0.2, 0) is 0 Å². The summed E-state index contributed by atoms with van der Waals surface area (Å²) in [6.45, 7) is 1.02. The van der Waals surface area contributed by atoms with Crippen LogP contribution >= 0.6 is 11.6 Å². The number of hydrogen-bond acceptors (Lipinski definition) is 6. The number of anilines is 1. The van der Waals surface area contributed by atoms with Crippen molar-refractivity contribution in [2.24, 2.45) is 5.16 Å². The number of fused-ring (bicyclic) bond motifs is 1. The molecule has 168 valence electrons. The van der Waals surface area contributed by atoms with Crippen LogP contribution in [0.25, 0.3) is 16.9 Å².